The second-order valence-corrected chi connectivity index (χ2v) is 5.19. The molecule has 0 unspecified atom stereocenters. The Balaban J connectivity index is 2.82. The van der Waals surface area contributed by atoms with Crippen molar-refractivity contribution in [1.29, 1.82) is 0 Å². The summed E-state index contributed by atoms with van der Waals surface area (Å²) < 4.78 is 1.03. The van der Waals surface area contributed by atoms with Crippen LogP contribution in [0.25, 0.3) is 11.0 Å². The number of fused-ring (bicyclic) bond motifs is 1. The third kappa shape index (κ3) is 1.43. The van der Waals surface area contributed by atoms with Crippen molar-refractivity contribution in [2.75, 3.05) is 0 Å². The second kappa shape index (κ2) is 3.05. The molecular formula is C10H12BrN3. The fourth-order valence-corrected chi connectivity index (χ4v) is 1.98. The zero-order valence-corrected chi connectivity index (χ0v) is 10.0. The van der Waals surface area contributed by atoms with Gasteiger partial charge in [-0.25, -0.2) is 9.97 Å². The molecule has 2 rings (SSSR count). The van der Waals surface area contributed by atoms with Gasteiger partial charge < -0.3 is 4.98 Å². The smallest absolute Gasteiger partial charge is 0.142 e. The summed E-state index contributed by atoms with van der Waals surface area (Å²) in [5.74, 6) is 0. The highest BCUT2D eigenvalue weighted by atomic mass is 79.9. The molecular weight excluding hydrogens is 242 g/mol. The van der Waals surface area contributed by atoms with Crippen LogP contribution in [0.4, 0.5) is 0 Å². The SMILES string of the molecule is CC(C)(C)c1ncnc2[nH]cc(Br)c12. The highest BCUT2D eigenvalue weighted by Crippen LogP contribution is 2.31. The summed E-state index contributed by atoms with van der Waals surface area (Å²) in [5.41, 5.74) is 1.98. The molecule has 0 radical (unpaired) electrons. The minimum absolute atomic E-state index is 0.0336. The lowest BCUT2D eigenvalue weighted by Gasteiger charge is -2.18. The van der Waals surface area contributed by atoms with Crippen LogP contribution in [0.1, 0.15) is 26.5 Å². The number of H-pyrrole nitrogens is 1. The Labute approximate surface area is 91.1 Å². The first-order chi connectivity index (χ1) is 6.50. The highest BCUT2D eigenvalue weighted by Gasteiger charge is 2.20. The number of hydrogen-bond acceptors (Lipinski definition) is 2. The van der Waals surface area contributed by atoms with Gasteiger partial charge in [-0.15, -0.1) is 0 Å². The Kier molecular flexibility index (Phi) is 2.10. The minimum Gasteiger partial charge on any atom is -0.345 e. The van der Waals surface area contributed by atoms with E-state index < -0.39 is 0 Å². The third-order valence-corrected chi connectivity index (χ3v) is 2.76. The molecule has 0 spiro atoms. The molecule has 0 bridgehead atoms. The van der Waals surface area contributed by atoms with Crippen molar-refractivity contribution in [2.24, 2.45) is 0 Å². The van der Waals surface area contributed by atoms with Crippen LogP contribution in [0.5, 0.6) is 0 Å². The molecule has 0 saturated heterocycles. The van der Waals surface area contributed by atoms with E-state index in [9.17, 15) is 0 Å². The Morgan fingerprint density at radius 1 is 1.29 bits per heavy atom. The van der Waals surface area contributed by atoms with Gasteiger partial charge in [0.25, 0.3) is 0 Å². The number of aromatic nitrogens is 3. The summed E-state index contributed by atoms with van der Waals surface area (Å²) in [6.07, 6.45) is 3.50. The molecule has 0 aliphatic carbocycles. The maximum atomic E-state index is 4.35. The number of nitrogens with one attached hydrogen (secondary N) is 1. The maximum Gasteiger partial charge on any atom is 0.142 e. The lowest BCUT2D eigenvalue weighted by atomic mass is 9.90. The molecule has 0 aliphatic rings. The van der Waals surface area contributed by atoms with Gasteiger partial charge in [0.2, 0.25) is 0 Å². The standard InChI is InChI=1S/C10H12BrN3/c1-10(2,3)8-7-6(11)4-12-9(7)14-5-13-8/h4-5H,1-3H3,(H,12,13,14). The molecule has 0 atom stereocenters. The van der Waals surface area contributed by atoms with Crippen LogP contribution in [-0.2, 0) is 5.41 Å². The average Bonchev–Trinajstić information content (AvgIpc) is 2.46. The number of aromatic amines is 1. The van der Waals surface area contributed by atoms with E-state index in [1.165, 1.54) is 0 Å². The lowest BCUT2D eigenvalue weighted by molar-refractivity contribution is 0.574. The van der Waals surface area contributed by atoms with E-state index in [1.807, 2.05) is 6.20 Å². The van der Waals surface area contributed by atoms with Gasteiger partial charge in [-0.05, 0) is 15.9 Å². The molecule has 2 aromatic heterocycles. The Bertz CT molecular complexity index is 468. The van der Waals surface area contributed by atoms with Crippen LogP contribution < -0.4 is 0 Å². The summed E-state index contributed by atoms with van der Waals surface area (Å²) in [6, 6.07) is 0. The van der Waals surface area contributed by atoms with E-state index in [0.29, 0.717) is 0 Å². The lowest BCUT2D eigenvalue weighted by Crippen LogP contribution is -2.14. The second-order valence-electron chi connectivity index (χ2n) is 4.33. The molecule has 0 aliphatic heterocycles. The Hall–Kier alpha value is -0.900. The fourth-order valence-electron chi connectivity index (χ4n) is 1.49. The largest absolute Gasteiger partial charge is 0.345 e. The topological polar surface area (TPSA) is 41.6 Å². The van der Waals surface area contributed by atoms with Crippen molar-refractivity contribution >= 4 is 27.0 Å². The van der Waals surface area contributed by atoms with Crippen LogP contribution in [-0.4, -0.2) is 15.0 Å². The third-order valence-electron chi connectivity index (χ3n) is 2.13. The molecule has 2 aromatic rings. The minimum atomic E-state index is 0.0336. The molecule has 0 fully saturated rings. The Morgan fingerprint density at radius 3 is 2.64 bits per heavy atom. The normalized spacial score (nSPS) is 12.3. The molecule has 4 heteroatoms. The summed E-state index contributed by atoms with van der Waals surface area (Å²) in [6.45, 7) is 6.44. The van der Waals surface area contributed by atoms with Crippen LogP contribution in [0.2, 0.25) is 0 Å². The molecule has 3 nitrogen and oxygen atoms in total. The van der Waals surface area contributed by atoms with Gasteiger partial charge >= 0.3 is 0 Å². The van der Waals surface area contributed by atoms with Crippen molar-refractivity contribution in [3.8, 4) is 0 Å². The Morgan fingerprint density at radius 2 is 2.00 bits per heavy atom. The van der Waals surface area contributed by atoms with Crippen LogP contribution in [0.3, 0.4) is 0 Å². The highest BCUT2D eigenvalue weighted by molar-refractivity contribution is 9.10. The molecule has 1 N–H and O–H groups in total. The fraction of sp³-hybridized carbons (Fsp3) is 0.400. The average molecular weight is 254 g/mol. The van der Waals surface area contributed by atoms with Gasteiger partial charge in [0, 0.05) is 16.1 Å². The van der Waals surface area contributed by atoms with Gasteiger partial charge in [-0.1, -0.05) is 20.8 Å². The molecule has 0 aromatic carbocycles. The van der Waals surface area contributed by atoms with Gasteiger partial charge in [-0.2, -0.15) is 0 Å². The zero-order chi connectivity index (χ0) is 10.3. The van der Waals surface area contributed by atoms with Crippen molar-refractivity contribution < 1.29 is 0 Å². The molecule has 14 heavy (non-hydrogen) atoms. The van der Waals surface area contributed by atoms with Crippen molar-refractivity contribution in [3.63, 3.8) is 0 Å². The van der Waals surface area contributed by atoms with Gasteiger partial charge in [-0.3, -0.25) is 0 Å². The van der Waals surface area contributed by atoms with E-state index in [4.69, 9.17) is 0 Å². The molecule has 0 amide bonds. The number of nitrogens with zero attached hydrogens (tertiary/aromatic N) is 2. The van der Waals surface area contributed by atoms with Crippen molar-refractivity contribution in [2.45, 2.75) is 26.2 Å². The molecule has 74 valence electrons. The zero-order valence-electron chi connectivity index (χ0n) is 8.43. The van der Waals surface area contributed by atoms with Crippen molar-refractivity contribution in [3.05, 3.63) is 22.7 Å². The predicted octanol–water partition coefficient (Wildman–Crippen LogP) is 3.02. The van der Waals surface area contributed by atoms with E-state index in [2.05, 4.69) is 51.7 Å². The van der Waals surface area contributed by atoms with Gasteiger partial charge in [0.15, 0.2) is 0 Å². The summed E-state index contributed by atoms with van der Waals surface area (Å²) >= 11 is 3.50. The first-order valence-electron chi connectivity index (χ1n) is 4.48. The van der Waals surface area contributed by atoms with Crippen LogP contribution in [0.15, 0.2) is 17.0 Å². The summed E-state index contributed by atoms with van der Waals surface area (Å²) in [5, 5.41) is 1.08. The van der Waals surface area contributed by atoms with Crippen LogP contribution >= 0.6 is 15.9 Å². The van der Waals surface area contributed by atoms with Gasteiger partial charge in [0.05, 0.1) is 11.1 Å². The van der Waals surface area contributed by atoms with E-state index in [-0.39, 0.29) is 5.41 Å². The van der Waals surface area contributed by atoms with E-state index >= 15 is 0 Å². The number of hydrogen-bond donors (Lipinski definition) is 1. The molecule has 0 saturated carbocycles. The maximum absolute atomic E-state index is 4.35. The summed E-state index contributed by atoms with van der Waals surface area (Å²) in [4.78, 5) is 11.6. The number of halogens is 1. The molecule has 2 heterocycles. The van der Waals surface area contributed by atoms with Crippen molar-refractivity contribution in [1.82, 2.24) is 15.0 Å². The van der Waals surface area contributed by atoms with Crippen LogP contribution in [0, 0.1) is 0 Å². The van der Waals surface area contributed by atoms with Gasteiger partial charge in [0.1, 0.15) is 12.0 Å². The predicted molar refractivity (Wildman–Crippen MR) is 60.3 cm³/mol. The number of rotatable bonds is 0. The monoisotopic (exact) mass is 253 g/mol. The van der Waals surface area contributed by atoms with E-state index in [0.717, 1.165) is 21.2 Å². The first-order valence-corrected chi connectivity index (χ1v) is 5.27. The van der Waals surface area contributed by atoms with E-state index in [1.54, 1.807) is 6.33 Å². The first kappa shape index (κ1) is 9.65. The quantitative estimate of drug-likeness (QED) is 0.785. The summed E-state index contributed by atoms with van der Waals surface area (Å²) in [7, 11) is 0.